The molecule has 3 heterocycles. The van der Waals surface area contributed by atoms with Gasteiger partial charge in [-0.3, -0.25) is 9.69 Å². The number of amides is 1. The third-order valence-electron chi connectivity index (χ3n) is 5.64. The third-order valence-corrected chi connectivity index (χ3v) is 5.64. The maximum atomic E-state index is 13.4. The Kier molecular flexibility index (Phi) is 5.16. The average Bonchev–Trinajstić information content (AvgIpc) is 2.98. The number of benzene rings is 1. The predicted octanol–water partition coefficient (Wildman–Crippen LogP) is 2.00. The summed E-state index contributed by atoms with van der Waals surface area (Å²) in [5.74, 6) is -0.423. The lowest BCUT2D eigenvalue weighted by Crippen LogP contribution is -2.48. The Labute approximate surface area is 157 Å². The number of carbonyl (C=O) groups excluding carboxylic acids is 1. The second-order valence-electron chi connectivity index (χ2n) is 7.67. The highest BCUT2D eigenvalue weighted by atomic mass is 19.1. The van der Waals surface area contributed by atoms with E-state index >= 15 is 0 Å². The maximum absolute atomic E-state index is 13.4. The minimum Gasteiger partial charge on any atom is -0.388 e. The molecule has 1 aromatic heterocycles. The van der Waals surface area contributed by atoms with Crippen molar-refractivity contribution in [3.63, 3.8) is 0 Å². The number of rotatable bonds is 3. The number of β-amino-alcohol motifs (C(OH)–C–C–N with tert-alkyl or cyclic N) is 1. The number of aromatic nitrogens is 1. The van der Waals surface area contributed by atoms with Gasteiger partial charge in [0.15, 0.2) is 0 Å². The maximum Gasteiger partial charge on any atom is 0.270 e. The number of carbonyl (C=O) groups is 1. The normalized spacial score (nSPS) is 24.9. The lowest BCUT2D eigenvalue weighted by Gasteiger charge is -2.35. The van der Waals surface area contributed by atoms with E-state index in [9.17, 15) is 14.3 Å². The van der Waals surface area contributed by atoms with Gasteiger partial charge in [0.1, 0.15) is 11.5 Å². The van der Waals surface area contributed by atoms with Crippen molar-refractivity contribution in [3.8, 4) is 0 Å². The summed E-state index contributed by atoms with van der Waals surface area (Å²) in [4.78, 5) is 20.0. The van der Waals surface area contributed by atoms with E-state index in [1.807, 2.05) is 0 Å². The summed E-state index contributed by atoms with van der Waals surface area (Å²) < 4.78 is 18.8. The van der Waals surface area contributed by atoms with E-state index < -0.39 is 5.60 Å². The first-order valence-electron chi connectivity index (χ1n) is 9.62. The fraction of sp³-hybridized carbons (Fsp3) is 0.550. The molecule has 0 saturated carbocycles. The molecule has 2 saturated heterocycles. The summed E-state index contributed by atoms with van der Waals surface area (Å²) in [7, 11) is 0. The molecule has 6 nitrogen and oxygen atoms in total. The van der Waals surface area contributed by atoms with E-state index in [0.717, 1.165) is 24.9 Å². The van der Waals surface area contributed by atoms with Crippen molar-refractivity contribution in [3.05, 3.63) is 35.8 Å². The summed E-state index contributed by atoms with van der Waals surface area (Å²) >= 11 is 0. The summed E-state index contributed by atoms with van der Waals surface area (Å²) in [6, 6.07) is 6.22. The first kappa shape index (κ1) is 18.4. The largest absolute Gasteiger partial charge is 0.388 e. The molecule has 0 spiro atoms. The van der Waals surface area contributed by atoms with E-state index in [1.54, 1.807) is 17.0 Å². The Morgan fingerprint density at radius 1 is 1.19 bits per heavy atom. The number of hydrogen-bond acceptors (Lipinski definition) is 4. The van der Waals surface area contributed by atoms with Crippen LogP contribution in [0.3, 0.4) is 0 Å². The molecule has 2 aliphatic rings. The monoisotopic (exact) mass is 375 g/mol. The number of aromatic amines is 1. The smallest absolute Gasteiger partial charge is 0.270 e. The number of likely N-dealkylation sites (tertiary alicyclic amines) is 1. The van der Waals surface area contributed by atoms with Crippen LogP contribution in [-0.2, 0) is 4.74 Å². The van der Waals surface area contributed by atoms with Gasteiger partial charge in [0.2, 0.25) is 0 Å². The molecule has 0 radical (unpaired) electrons. The van der Waals surface area contributed by atoms with E-state index in [0.29, 0.717) is 56.9 Å². The number of aliphatic hydroxyl groups is 1. The standard InChI is InChI=1S/C20H26FN3O3/c21-16-3-2-15-12-18(22-17(15)13-16)19(25)24-6-1-4-20(26,5-7-24)14-23-8-10-27-11-9-23/h2-3,12-13,22,26H,1,4-11,14H2/t20-/m0/s1. The molecule has 4 rings (SSSR count). The van der Waals surface area contributed by atoms with Gasteiger partial charge in [-0.2, -0.15) is 0 Å². The van der Waals surface area contributed by atoms with Crippen LogP contribution in [0.25, 0.3) is 10.9 Å². The Hall–Kier alpha value is -1.96. The van der Waals surface area contributed by atoms with Gasteiger partial charge in [-0.15, -0.1) is 0 Å². The second kappa shape index (κ2) is 7.58. The molecule has 0 aliphatic carbocycles. The fourth-order valence-electron chi connectivity index (χ4n) is 4.10. The zero-order valence-corrected chi connectivity index (χ0v) is 15.4. The summed E-state index contributed by atoms with van der Waals surface area (Å²) in [5.41, 5.74) is 0.321. The Morgan fingerprint density at radius 2 is 2.00 bits per heavy atom. The van der Waals surface area contributed by atoms with E-state index in [1.165, 1.54) is 12.1 Å². The van der Waals surface area contributed by atoms with Gasteiger partial charge in [0.25, 0.3) is 5.91 Å². The highest BCUT2D eigenvalue weighted by molar-refractivity contribution is 5.98. The fourth-order valence-corrected chi connectivity index (χ4v) is 4.10. The van der Waals surface area contributed by atoms with E-state index in [4.69, 9.17) is 4.74 Å². The van der Waals surface area contributed by atoms with Crippen LogP contribution in [0.4, 0.5) is 4.39 Å². The quantitative estimate of drug-likeness (QED) is 0.861. The molecule has 0 bridgehead atoms. The van der Waals surface area contributed by atoms with Gasteiger partial charge >= 0.3 is 0 Å². The number of morpholine rings is 1. The molecule has 1 aromatic carbocycles. The van der Waals surface area contributed by atoms with Crippen molar-refractivity contribution in [2.24, 2.45) is 0 Å². The van der Waals surface area contributed by atoms with Crippen LogP contribution in [-0.4, -0.2) is 77.3 Å². The Bertz CT molecular complexity index is 818. The Balaban J connectivity index is 1.42. The first-order valence-corrected chi connectivity index (χ1v) is 9.62. The number of nitrogens with zero attached hydrogens (tertiary/aromatic N) is 2. The van der Waals surface area contributed by atoms with Crippen LogP contribution < -0.4 is 0 Å². The van der Waals surface area contributed by atoms with Gasteiger partial charge in [-0.05, 0) is 43.5 Å². The minimum absolute atomic E-state index is 0.0952. The lowest BCUT2D eigenvalue weighted by atomic mass is 9.94. The van der Waals surface area contributed by atoms with Crippen molar-refractivity contribution >= 4 is 16.8 Å². The predicted molar refractivity (Wildman–Crippen MR) is 100 cm³/mol. The second-order valence-corrected chi connectivity index (χ2v) is 7.67. The topological polar surface area (TPSA) is 68.8 Å². The SMILES string of the molecule is O=C(c1cc2ccc(F)cc2[nH]1)N1CCC[C@@](O)(CN2CCOCC2)CC1. The zero-order valence-electron chi connectivity index (χ0n) is 15.4. The average molecular weight is 375 g/mol. The molecular formula is C20H26FN3O3. The van der Waals surface area contributed by atoms with Crippen LogP contribution in [0.1, 0.15) is 29.8 Å². The molecule has 7 heteroatoms. The zero-order chi connectivity index (χ0) is 18.9. The molecule has 1 atom stereocenters. The van der Waals surface area contributed by atoms with Crippen molar-refractivity contribution < 1.29 is 19.0 Å². The molecule has 27 heavy (non-hydrogen) atoms. The summed E-state index contributed by atoms with van der Waals surface area (Å²) in [6.07, 6.45) is 2.01. The van der Waals surface area contributed by atoms with Crippen molar-refractivity contribution in [2.45, 2.75) is 24.9 Å². The van der Waals surface area contributed by atoms with Crippen molar-refractivity contribution in [1.29, 1.82) is 0 Å². The van der Waals surface area contributed by atoms with Crippen LogP contribution in [0.2, 0.25) is 0 Å². The van der Waals surface area contributed by atoms with Gasteiger partial charge in [-0.25, -0.2) is 4.39 Å². The third kappa shape index (κ3) is 4.15. The number of nitrogens with one attached hydrogen (secondary N) is 1. The van der Waals surface area contributed by atoms with Gasteiger partial charge in [0, 0.05) is 43.6 Å². The summed E-state index contributed by atoms with van der Waals surface area (Å²) in [6.45, 7) is 4.87. The molecule has 2 fully saturated rings. The van der Waals surface area contributed by atoms with Crippen LogP contribution in [0, 0.1) is 5.82 Å². The number of halogens is 1. The highest BCUT2D eigenvalue weighted by Crippen LogP contribution is 2.25. The highest BCUT2D eigenvalue weighted by Gasteiger charge is 2.34. The first-order chi connectivity index (χ1) is 13.0. The number of fused-ring (bicyclic) bond motifs is 1. The molecule has 0 unspecified atom stereocenters. The van der Waals surface area contributed by atoms with Gasteiger partial charge in [-0.1, -0.05) is 0 Å². The van der Waals surface area contributed by atoms with E-state index in [2.05, 4.69) is 9.88 Å². The Morgan fingerprint density at radius 3 is 2.81 bits per heavy atom. The number of hydrogen-bond donors (Lipinski definition) is 2. The molecule has 2 aliphatic heterocycles. The van der Waals surface area contributed by atoms with Crippen LogP contribution >= 0.6 is 0 Å². The van der Waals surface area contributed by atoms with Crippen LogP contribution in [0.5, 0.6) is 0 Å². The molecule has 2 N–H and O–H groups in total. The number of ether oxygens (including phenoxy) is 1. The minimum atomic E-state index is -0.768. The van der Waals surface area contributed by atoms with Crippen molar-refractivity contribution in [1.82, 2.24) is 14.8 Å². The van der Waals surface area contributed by atoms with E-state index in [-0.39, 0.29) is 11.7 Å². The van der Waals surface area contributed by atoms with Crippen molar-refractivity contribution in [2.75, 3.05) is 45.9 Å². The molecule has 2 aromatic rings. The summed E-state index contributed by atoms with van der Waals surface area (Å²) in [5, 5.41) is 11.9. The lowest BCUT2D eigenvalue weighted by molar-refractivity contribution is -0.0389. The van der Waals surface area contributed by atoms with Crippen LogP contribution in [0.15, 0.2) is 24.3 Å². The molecule has 1 amide bonds. The number of H-pyrrole nitrogens is 1. The molecule has 146 valence electrons. The molecular weight excluding hydrogens is 349 g/mol. The van der Waals surface area contributed by atoms with Gasteiger partial charge in [0.05, 0.1) is 18.8 Å². The van der Waals surface area contributed by atoms with Gasteiger partial charge < -0.3 is 19.7 Å².